The molecule has 0 bridgehead atoms. The molecule has 112 valence electrons. The molecule has 0 spiro atoms. The van der Waals surface area contributed by atoms with Gasteiger partial charge in [0, 0.05) is 18.0 Å². The molecule has 1 amide bonds. The van der Waals surface area contributed by atoms with E-state index in [4.69, 9.17) is 10.8 Å². The zero-order valence-corrected chi connectivity index (χ0v) is 11.3. The lowest BCUT2D eigenvalue weighted by Gasteiger charge is -2.39. The monoisotopic (exact) mass is 274 g/mol. The first-order chi connectivity index (χ1) is 8.96. The molecule has 0 aromatic heterocycles. The molecule has 0 heterocycles. The summed E-state index contributed by atoms with van der Waals surface area (Å²) in [6, 6.07) is 0. The fourth-order valence-corrected chi connectivity index (χ4v) is 2.90. The normalized spacial score (nSPS) is 30.0. The molecule has 0 aliphatic heterocycles. The van der Waals surface area contributed by atoms with Crippen LogP contribution in [-0.2, 0) is 0 Å². The van der Waals surface area contributed by atoms with Crippen molar-refractivity contribution in [2.45, 2.75) is 63.2 Å². The lowest BCUT2D eigenvalue weighted by atomic mass is 9.76. The second-order valence-electron chi connectivity index (χ2n) is 5.57. The predicted octanol–water partition coefficient (Wildman–Crippen LogP) is 1.01. The topological polar surface area (TPSA) is 116 Å². The highest BCUT2D eigenvalue weighted by molar-refractivity contribution is 5.64. The van der Waals surface area contributed by atoms with Gasteiger partial charge in [-0.3, -0.25) is 0 Å². The fourth-order valence-electron chi connectivity index (χ4n) is 2.90. The van der Waals surface area contributed by atoms with Crippen LogP contribution < -0.4 is 11.1 Å². The van der Waals surface area contributed by atoms with Gasteiger partial charge in [0.05, 0.1) is 0 Å². The van der Waals surface area contributed by atoms with Crippen LogP contribution >= 0.6 is 0 Å². The molecule has 2 atom stereocenters. The van der Waals surface area contributed by atoms with Gasteiger partial charge in [-0.2, -0.15) is 0 Å². The number of hydrogen-bond acceptors (Lipinski definition) is 4. The smallest absolute Gasteiger partial charge is 0.404 e. The number of amides is 1. The summed E-state index contributed by atoms with van der Waals surface area (Å²) in [6.07, 6.45) is 4.83. The Hall–Kier alpha value is -0.850. The molecule has 2 unspecified atom stereocenters. The second-order valence-corrected chi connectivity index (χ2v) is 5.57. The van der Waals surface area contributed by atoms with Gasteiger partial charge in [-0.25, -0.2) is 4.79 Å². The largest absolute Gasteiger partial charge is 0.465 e. The van der Waals surface area contributed by atoms with E-state index in [1.807, 2.05) is 0 Å². The molecule has 1 aliphatic rings. The van der Waals surface area contributed by atoms with E-state index in [1.54, 1.807) is 0 Å². The molecule has 1 aliphatic carbocycles. The molecule has 0 aromatic carbocycles. The highest BCUT2D eigenvalue weighted by Crippen LogP contribution is 2.30. The van der Waals surface area contributed by atoms with E-state index < -0.39 is 23.8 Å². The van der Waals surface area contributed by atoms with Gasteiger partial charge in [0.25, 0.3) is 0 Å². The van der Waals surface area contributed by atoms with Crippen LogP contribution in [0.3, 0.4) is 0 Å². The van der Waals surface area contributed by atoms with Gasteiger partial charge < -0.3 is 26.4 Å². The minimum atomic E-state index is -1.50. The maximum atomic E-state index is 10.6. The van der Waals surface area contributed by atoms with Gasteiger partial charge in [-0.15, -0.1) is 0 Å². The highest BCUT2D eigenvalue weighted by Gasteiger charge is 2.38. The Morgan fingerprint density at radius 3 is 2.37 bits per heavy atom. The Kier molecular flexibility index (Phi) is 6.54. The molecule has 19 heavy (non-hydrogen) atoms. The van der Waals surface area contributed by atoms with Crippen LogP contribution in [0.5, 0.6) is 0 Å². The Labute approximate surface area is 114 Å². The van der Waals surface area contributed by atoms with Crippen molar-refractivity contribution < 1.29 is 20.1 Å². The summed E-state index contributed by atoms with van der Waals surface area (Å²) in [7, 11) is 0. The van der Waals surface area contributed by atoms with Crippen LogP contribution in [0.25, 0.3) is 0 Å². The molecule has 1 saturated carbocycles. The minimum Gasteiger partial charge on any atom is -0.465 e. The number of rotatable bonds is 3. The summed E-state index contributed by atoms with van der Waals surface area (Å²) in [5.41, 5.74) is 5.41. The van der Waals surface area contributed by atoms with Crippen LogP contribution in [-0.4, -0.2) is 39.8 Å². The molecule has 0 aromatic rings. The minimum absolute atomic E-state index is 0.0601. The predicted molar refractivity (Wildman–Crippen MR) is 71.6 cm³/mol. The van der Waals surface area contributed by atoms with E-state index in [9.17, 15) is 15.0 Å². The maximum Gasteiger partial charge on any atom is 0.404 e. The molecular weight excluding hydrogens is 248 g/mol. The average Bonchev–Trinajstić information content (AvgIpc) is 2.34. The Morgan fingerprint density at radius 2 is 1.79 bits per heavy atom. The summed E-state index contributed by atoms with van der Waals surface area (Å²) in [5.74, 6) is -0.488. The molecule has 1 rings (SSSR count). The third-order valence-electron chi connectivity index (χ3n) is 4.07. The van der Waals surface area contributed by atoms with Crippen LogP contribution in [0.15, 0.2) is 0 Å². The van der Waals surface area contributed by atoms with Gasteiger partial charge in [-0.1, -0.05) is 38.5 Å². The van der Waals surface area contributed by atoms with E-state index in [1.165, 1.54) is 6.42 Å². The van der Waals surface area contributed by atoms with Gasteiger partial charge in [0.2, 0.25) is 0 Å². The summed E-state index contributed by atoms with van der Waals surface area (Å²) in [5, 5.41) is 30.1. The second kappa shape index (κ2) is 7.67. The molecule has 1 fully saturated rings. The van der Waals surface area contributed by atoms with Crippen molar-refractivity contribution in [3.63, 3.8) is 0 Å². The van der Waals surface area contributed by atoms with Crippen LogP contribution in [0, 0.1) is 5.92 Å². The number of aliphatic hydroxyl groups excluding tert-OH is 1. The first-order valence-electron chi connectivity index (χ1n) is 7.07. The first kappa shape index (κ1) is 16.2. The SMILES string of the molecule is NC1(CNC(=O)O)CCCCCCCCC1C(O)O. The third kappa shape index (κ3) is 5.34. The number of carbonyl (C=O) groups is 1. The number of aliphatic hydroxyl groups is 2. The third-order valence-corrected chi connectivity index (χ3v) is 4.07. The quantitative estimate of drug-likeness (QED) is 0.493. The first-order valence-corrected chi connectivity index (χ1v) is 7.07. The van der Waals surface area contributed by atoms with Crippen LogP contribution in [0.1, 0.15) is 51.4 Å². The molecular formula is C13H26N2O4. The summed E-state index contributed by atoms with van der Waals surface area (Å²) in [6.45, 7) is 0.0601. The van der Waals surface area contributed by atoms with E-state index in [2.05, 4.69) is 5.32 Å². The number of hydrogen-bond donors (Lipinski definition) is 5. The maximum absolute atomic E-state index is 10.6. The van der Waals surface area contributed by atoms with Gasteiger partial charge >= 0.3 is 6.09 Å². The van der Waals surface area contributed by atoms with Crippen molar-refractivity contribution >= 4 is 6.09 Å². The molecule has 0 radical (unpaired) electrons. The number of nitrogens with two attached hydrogens (primary N) is 1. The molecule has 0 saturated heterocycles. The van der Waals surface area contributed by atoms with Gasteiger partial charge in [-0.05, 0) is 12.8 Å². The van der Waals surface area contributed by atoms with Crippen molar-refractivity contribution in [3.05, 3.63) is 0 Å². The Balaban J connectivity index is 2.76. The zero-order valence-electron chi connectivity index (χ0n) is 11.3. The van der Waals surface area contributed by atoms with E-state index in [0.717, 1.165) is 32.1 Å². The standard InChI is InChI=1S/C13H26N2O4/c14-13(9-15-12(18)19)8-6-4-2-1-3-5-7-10(13)11(16)17/h10-11,15-17H,1-9,14H2,(H,18,19). The van der Waals surface area contributed by atoms with Crippen molar-refractivity contribution in [3.8, 4) is 0 Å². The summed E-state index contributed by atoms with van der Waals surface area (Å²) < 4.78 is 0. The number of carboxylic acid groups (broad SMARTS) is 1. The molecule has 6 nitrogen and oxygen atoms in total. The van der Waals surface area contributed by atoms with E-state index in [-0.39, 0.29) is 6.54 Å². The van der Waals surface area contributed by atoms with Crippen LogP contribution in [0.2, 0.25) is 0 Å². The summed E-state index contributed by atoms with van der Waals surface area (Å²) in [4.78, 5) is 10.6. The summed E-state index contributed by atoms with van der Waals surface area (Å²) >= 11 is 0. The van der Waals surface area contributed by atoms with Crippen LogP contribution in [0.4, 0.5) is 4.79 Å². The Bertz CT molecular complexity index is 286. The average molecular weight is 274 g/mol. The van der Waals surface area contributed by atoms with E-state index in [0.29, 0.717) is 12.8 Å². The van der Waals surface area contributed by atoms with Crippen molar-refractivity contribution in [1.29, 1.82) is 0 Å². The lowest BCUT2D eigenvalue weighted by molar-refractivity contribution is -0.110. The van der Waals surface area contributed by atoms with Gasteiger partial charge in [0.15, 0.2) is 6.29 Å². The van der Waals surface area contributed by atoms with Crippen molar-refractivity contribution in [2.75, 3.05) is 6.54 Å². The van der Waals surface area contributed by atoms with Gasteiger partial charge in [0.1, 0.15) is 0 Å². The fraction of sp³-hybridized carbons (Fsp3) is 0.923. The molecule has 6 heteroatoms. The lowest BCUT2D eigenvalue weighted by Crippen LogP contribution is -2.58. The molecule has 6 N–H and O–H groups in total. The highest BCUT2D eigenvalue weighted by atomic mass is 16.5. The van der Waals surface area contributed by atoms with E-state index >= 15 is 0 Å². The number of nitrogens with one attached hydrogen (secondary N) is 1. The zero-order chi connectivity index (χ0) is 14.3. The Morgan fingerprint density at radius 1 is 1.21 bits per heavy atom. The van der Waals surface area contributed by atoms with Crippen molar-refractivity contribution in [1.82, 2.24) is 5.32 Å². The van der Waals surface area contributed by atoms with Crippen molar-refractivity contribution in [2.24, 2.45) is 11.7 Å².